The van der Waals surface area contributed by atoms with Crippen LogP contribution in [-0.4, -0.2) is 46.8 Å². The third-order valence-corrected chi connectivity index (χ3v) is 4.54. The highest BCUT2D eigenvalue weighted by Gasteiger charge is 2.36. The lowest BCUT2D eigenvalue weighted by Crippen LogP contribution is -2.45. The number of ether oxygens (including phenoxy) is 3. The van der Waals surface area contributed by atoms with E-state index in [2.05, 4.69) is 6.92 Å². The van der Waals surface area contributed by atoms with Crippen molar-refractivity contribution < 1.29 is 19.0 Å². The van der Waals surface area contributed by atoms with Crippen molar-refractivity contribution in [3.8, 4) is 0 Å². The van der Waals surface area contributed by atoms with Crippen molar-refractivity contribution in [2.45, 2.75) is 39.0 Å². The van der Waals surface area contributed by atoms with Gasteiger partial charge in [-0.1, -0.05) is 30.9 Å². The Morgan fingerprint density at radius 2 is 1.79 bits per heavy atom. The molecule has 1 fully saturated rings. The minimum absolute atomic E-state index is 0.274. The Balaban J connectivity index is 1.44. The van der Waals surface area contributed by atoms with E-state index < -0.39 is 0 Å². The van der Waals surface area contributed by atoms with Crippen LogP contribution in [0.2, 0.25) is 0 Å². The summed E-state index contributed by atoms with van der Waals surface area (Å²) in [5, 5.41) is 0. The third kappa shape index (κ3) is 5.95. The highest BCUT2D eigenvalue weighted by molar-refractivity contribution is 6.32. The number of hydrogen-bond acceptors (Lipinski definition) is 4. The van der Waals surface area contributed by atoms with Gasteiger partial charge in [0.25, 0.3) is 0 Å². The number of hydrogen-bond donors (Lipinski definition) is 0. The fourth-order valence-corrected chi connectivity index (χ4v) is 2.60. The van der Waals surface area contributed by atoms with Gasteiger partial charge in [0.2, 0.25) is 0 Å². The summed E-state index contributed by atoms with van der Waals surface area (Å²) in [5.41, 5.74) is 1.46. The molecule has 1 heterocycles. The molecule has 2 radical (unpaired) electrons. The van der Waals surface area contributed by atoms with Crippen LogP contribution in [0.25, 0.3) is 0 Å². The second kappa shape index (κ2) is 9.85. The van der Waals surface area contributed by atoms with Crippen LogP contribution in [0.3, 0.4) is 0 Å². The minimum Gasteiger partial charge on any atom is -0.462 e. The highest BCUT2D eigenvalue weighted by Crippen LogP contribution is 2.31. The summed E-state index contributed by atoms with van der Waals surface area (Å²) < 4.78 is 16.3. The molecule has 1 aliphatic rings. The first-order chi connectivity index (χ1) is 11.7. The molecule has 24 heavy (non-hydrogen) atoms. The normalized spacial score (nSPS) is 15.7. The van der Waals surface area contributed by atoms with E-state index in [-0.39, 0.29) is 11.4 Å². The first kappa shape index (κ1) is 19.0. The maximum atomic E-state index is 11.8. The van der Waals surface area contributed by atoms with Crippen molar-refractivity contribution in [1.29, 1.82) is 0 Å². The van der Waals surface area contributed by atoms with Gasteiger partial charge in [-0.2, -0.15) is 0 Å². The van der Waals surface area contributed by atoms with Crippen molar-refractivity contribution >= 4 is 19.3 Å². The standard InChI is InChI=1S/C19H27BO4/c1-2-19(14-23-15-19)13-22-11-5-3-4-6-12-24-18(21)16-7-9-17(20)10-8-16/h7-10H,2-6,11-15H2,1H3. The summed E-state index contributed by atoms with van der Waals surface area (Å²) in [6.45, 7) is 5.93. The zero-order valence-electron chi connectivity index (χ0n) is 14.6. The van der Waals surface area contributed by atoms with Crippen LogP contribution in [-0.2, 0) is 14.2 Å². The SMILES string of the molecule is [B]c1ccc(C(=O)OCCCCCCOCC2(CC)COC2)cc1. The fraction of sp³-hybridized carbons (Fsp3) is 0.632. The quantitative estimate of drug-likeness (QED) is 0.355. The van der Waals surface area contributed by atoms with Crippen molar-refractivity contribution in [3.63, 3.8) is 0 Å². The van der Waals surface area contributed by atoms with Gasteiger partial charge in [0.1, 0.15) is 7.85 Å². The molecule has 0 N–H and O–H groups in total. The van der Waals surface area contributed by atoms with Crippen LogP contribution in [0.4, 0.5) is 0 Å². The Bertz CT molecular complexity index is 491. The minimum atomic E-state index is -0.286. The molecule has 0 spiro atoms. The molecule has 5 heteroatoms. The van der Waals surface area contributed by atoms with Gasteiger partial charge >= 0.3 is 5.97 Å². The molecule has 0 saturated carbocycles. The molecule has 1 saturated heterocycles. The Morgan fingerprint density at radius 1 is 1.12 bits per heavy atom. The van der Waals surface area contributed by atoms with E-state index in [4.69, 9.17) is 22.1 Å². The van der Waals surface area contributed by atoms with Crippen LogP contribution < -0.4 is 5.46 Å². The third-order valence-electron chi connectivity index (χ3n) is 4.54. The van der Waals surface area contributed by atoms with E-state index in [0.717, 1.165) is 58.5 Å². The fourth-order valence-electron chi connectivity index (χ4n) is 2.60. The zero-order valence-corrected chi connectivity index (χ0v) is 14.6. The van der Waals surface area contributed by atoms with E-state index in [1.807, 2.05) is 0 Å². The van der Waals surface area contributed by atoms with Gasteiger partial charge in [-0.05, 0) is 37.8 Å². The van der Waals surface area contributed by atoms with Crippen LogP contribution >= 0.6 is 0 Å². The highest BCUT2D eigenvalue weighted by atomic mass is 16.5. The Morgan fingerprint density at radius 3 is 2.38 bits per heavy atom. The van der Waals surface area contributed by atoms with Crippen molar-refractivity contribution in [2.24, 2.45) is 5.41 Å². The summed E-state index contributed by atoms with van der Waals surface area (Å²) in [7, 11) is 5.59. The predicted octanol–water partition coefficient (Wildman–Crippen LogP) is 2.64. The van der Waals surface area contributed by atoms with E-state index in [1.165, 1.54) is 0 Å². The van der Waals surface area contributed by atoms with Crippen LogP contribution in [0.5, 0.6) is 0 Å². The maximum absolute atomic E-state index is 11.8. The molecule has 1 aliphatic heterocycles. The largest absolute Gasteiger partial charge is 0.462 e. The first-order valence-corrected chi connectivity index (χ1v) is 8.83. The lowest BCUT2D eigenvalue weighted by molar-refractivity contribution is -0.150. The molecule has 0 amide bonds. The molecule has 1 aromatic carbocycles. The van der Waals surface area contributed by atoms with Crippen molar-refractivity contribution in [1.82, 2.24) is 0 Å². The number of rotatable bonds is 11. The summed E-state index contributed by atoms with van der Waals surface area (Å²) in [6, 6.07) is 6.78. The first-order valence-electron chi connectivity index (χ1n) is 8.83. The molecule has 0 bridgehead atoms. The van der Waals surface area contributed by atoms with E-state index in [9.17, 15) is 4.79 Å². The van der Waals surface area contributed by atoms with Crippen molar-refractivity contribution in [2.75, 3.05) is 33.0 Å². The predicted molar refractivity (Wildman–Crippen MR) is 94.9 cm³/mol. The molecular weight excluding hydrogens is 303 g/mol. The molecule has 1 aromatic rings. The van der Waals surface area contributed by atoms with Gasteiger partial charge < -0.3 is 14.2 Å². The number of unbranched alkanes of at least 4 members (excludes halogenated alkanes) is 3. The second-order valence-electron chi connectivity index (χ2n) is 6.57. The average molecular weight is 330 g/mol. The molecular formula is C19H27BO4. The van der Waals surface area contributed by atoms with Crippen LogP contribution in [0.15, 0.2) is 24.3 Å². The Kier molecular flexibility index (Phi) is 7.80. The smallest absolute Gasteiger partial charge is 0.338 e. The monoisotopic (exact) mass is 330 g/mol. The van der Waals surface area contributed by atoms with Gasteiger partial charge in [0.15, 0.2) is 0 Å². The van der Waals surface area contributed by atoms with E-state index in [0.29, 0.717) is 17.6 Å². The number of carbonyl (C=O) groups excluding carboxylic acids is 1. The van der Waals surface area contributed by atoms with E-state index >= 15 is 0 Å². The summed E-state index contributed by atoms with van der Waals surface area (Å²) in [5.74, 6) is -0.286. The van der Waals surface area contributed by atoms with Gasteiger partial charge in [-0.15, -0.1) is 0 Å². The van der Waals surface area contributed by atoms with Crippen molar-refractivity contribution in [3.05, 3.63) is 29.8 Å². The molecule has 2 rings (SSSR count). The number of carbonyl (C=O) groups is 1. The second-order valence-corrected chi connectivity index (χ2v) is 6.57. The molecule has 4 nitrogen and oxygen atoms in total. The summed E-state index contributed by atoms with van der Waals surface area (Å²) in [6.07, 6.45) is 5.18. The van der Waals surface area contributed by atoms with Gasteiger partial charge in [0.05, 0.1) is 32.0 Å². The molecule has 0 aromatic heterocycles. The maximum Gasteiger partial charge on any atom is 0.338 e. The topological polar surface area (TPSA) is 44.8 Å². The molecule has 130 valence electrons. The number of benzene rings is 1. The zero-order chi connectivity index (χ0) is 17.3. The molecule has 0 unspecified atom stereocenters. The van der Waals surface area contributed by atoms with Gasteiger partial charge in [0, 0.05) is 12.0 Å². The molecule has 0 atom stereocenters. The Labute approximate surface area is 146 Å². The summed E-state index contributed by atoms with van der Waals surface area (Å²) >= 11 is 0. The van der Waals surface area contributed by atoms with Crippen LogP contribution in [0.1, 0.15) is 49.4 Å². The van der Waals surface area contributed by atoms with E-state index in [1.54, 1.807) is 24.3 Å². The van der Waals surface area contributed by atoms with Crippen LogP contribution in [0, 0.1) is 5.41 Å². The average Bonchev–Trinajstić information content (AvgIpc) is 2.56. The lowest BCUT2D eigenvalue weighted by Gasteiger charge is -2.40. The summed E-state index contributed by atoms with van der Waals surface area (Å²) in [4.78, 5) is 11.8. The molecule has 0 aliphatic carbocycles. The van der Waals surface area contributed by atoms with Gasteiger partial charge in [-0.3, -0.25) is 0 Å². The number of esters is 1. The lowest BCUT2D eigenvalue weighted by atomic mass is 9.84. The Hall–Kier alpha value is -1.33. The van der Waals surface area contributed by atoms with Gasteiger partial charge in [-0.25, -0.2) is 4.79 Å².